The van der Waals surface area contributed by atoms with Crippen LogP contribution in [0.25, 0.3) is 6.08 Å². The van der Waals surface area contributed by atoms with E-state index in [1.165, 1.54) is 17.3 Å². The van der Waals surface area contributed by atoms with Crippen LogP contribution in [0.1, 0.15) is 18.1 Å². The average molecular weight is 484 g/mol. The predicted molar refractivity (Wildman–Crippen MR) is 110 cm³/mol. The summed E-state index contributed by atoms with van der Waals surface area (Å²) in [5.41, 5.74) is 2.85. The molecule has 0 saturated carbocycles. The lowest BCUT2D eigenvalue weighted by atomic mass is 10.1. The minimum absolute atomic E-state index is 0.118. The van der Waals surface area contributed by atoms with Gasteiger partial charge in [-0.2, -0.15) is 0 Å². The Labute approximate surface area is 167 Å². The van der Waals surface area contributed by atoms with E-state index < -0.39 is 0 Å². The summed E-state index contributed by atoms with van der Waals surface area (Å²) in [6.07, 6.45) is 2.80. The second-order valence-electron chi connectivity index (χ2n) is 5.51. The Balaban J connectivity index is 1.73. The second-order valence-corrected chi connectivity index (χ2v) is 8.36. The van der Waals surface area contributed by atoms with Crippen LogP contribution >= 0.6 is 43.6 Å². The van der Waals surface area contributed by atoms with Crippen LogP contribution in [0, 0.1) is 0 Å². The first-order valence-corrected chi connectivity index (χ1v) is 10.2. The Bertz CT molecular complexity index is 814. The molecule has 0 bridgehead atoms. The van der Waals surface area contributed by atoms with Gasteiger partial charge in [0, 0.05) is 5.69 Å². The molecule has 3 N–H and O–H groups in total. The average Bonchev–Trinajstić information content (AvgIpc) is 2.92. The van der Waals surface area contributed by atoms with E-state index in [0.29, 0.717) is 13.9 Å². The fraction of sp³-hybridized carbons (Fsp3) is 0.167. The molecule has 25 heavy (non-hydrogen) atoms. The highest BCUT2D eigenvalue weighted by Gasteiger charge is 2.27. The topological polar surface area (TPSA) is 61.4 Å². The predicted octanol–water partition coefficient (Wildman–Crippen LogP) is 5.08. The number of hydrogen-bond donors (Lipinski definition) is 3. The van der Waals surface area contributed by atoms with Crippen molar-refractivity contribution in [2.24, 2.45) is 0 Å². The normalized spacial score (nSPS) is 18.4. The lowest BCUT2D eigenvalue weighted by molar-refractivity contribution is -0.116. The van der Waals surface area contributed by atoms with Gasteiger partial charge in [-0.15, -0.1) is 0 Å². The van der Waals surface area contributed by atoms with E-state index in [1.54, 1.807) is 18.2 Å². The van der Waals surface area contributed by atoms with Crippen LogP contribution in [-0.2, 0) is 11.2 Å². The molecule has 0 unspecified atom stereocenters. The minimum atomic E-state index is -0.213. The van der Waals surface area contributed by atoms with E-state index in [0.717, 1.165) is 17.7 Å². The summed E-state index contributed by atoms with van der Waals surface area (Å²) in [5.74, 6) is 0.0220. The molecule has 130 valence electrons. The van der Waals surface area contributed by atoms with Crippen molar-refractivity contribution in [3.63, 3.8) is 0 Å². The lowest BCUT2D eigenvalue weighted by Gasteiger charge is -2.12. The molecule has 0 aromatic heterocycles. The number of aryl methyl sites for hydroxylation is 1. The zero-order chi connectivity index (χ0) is 18.0. The molecule has 4 nitrogen and oxygen atoms in total. The number of amides is 1. The van der Waals surface area contributed by atoms with Crippen LogP contribution in [0.4, 0.5) is 5.69 Å². The van der Waals surface area contributed by atoms with Crippen LogP contribution in [0.2, 0.25) is 0 Å². The first-order valence-electron chi connectivity index (χ1n) is 7.69. The summed E-state index contributed by atoms with van der Waals surface area (Å²) in [6.45, 7) is 2.12. The number of anilines is 1. The van der Waals surface area contributed by atoms with E-state index >= 15 is 0 Å². The Morgan fingerprint density at radius 2 is 1.88 bits per heavy atom. The molecule has 0 radical (unpaired) electrons. The molecule has 1 atom stereocenters. The maximum absolute atomic E-state index is 12.2. The summed E-state index contributed by atoms with van der Waals surface area (Å²) >= 11 is 8.03. The summed E-state index contributed by atoms with van der Waals surface area (Å²) < 4.78 is 1.14. The van der Waals surface area contributed by atoms with Crippen molar-refractivity contribution in [1.82, 2.24) is 5.32 Å². The van der Waals surface area contributed by atoms with Gasteiger partial charge in [-0.1, -0.05) is 30.8 Å². The number of aromatic hydroxyl groups is 1. The molecule has 1 aliphatic heterocycles. The van der Waals surface area contributed by atoms with Crippen molar-refractivity contribution in [2.45, 2.75) is 18.8 Å². The third-order valence-electron chi connectivity index (χ3n) is 3.73. The first-order chi connectivity index (χ1) is 12.0. The molecule has 1 heterocycles. The third-order valence-corrected chi connectivity index (χ3v) is 5.97. The number of rotatable bonds is 4. The summed E-state index contributed by atoms with van der Waals surface area (Å²) in [4.78, 5) is 12.8. The molecule has 2 aromatic rings. The van der Waals surface area contributed by atoms with Crippen LogP contribution < -0.4 is 10.6 Å². The number of nitrogens with one attached hydrogen (secondary N) is 2. The first kappa shape index (κ1) is 18.4. The highest BCUT2D eigenvalue weighted by atomic mass is 79.9. The summed E-state index contributed by atoms with van der Waals surface area (Å²) in [7, 11) is 0. The number of carbonyl (C=O) groups is 1. The van der Waals surface area contributed by atoms with Crippen LogP contribution in [0.15, 0.2) is 50.2 Å². The van der Waals surface area contributed by atoms with Gasteiger partial charge in [0.05, 0.1) is 13.9 Å². The van der Waals surface area contributed by atoms with Gasteiger partial charge in [0.1, 0.15) is 5.75 Å². The Morgan fingerprint density at radius 1 is 1.24 bits per heavy atom. The summed E-state index contributed by atoms with van der Waals surface area (Å²) in [5, 5.41) is 16.0. The number of hydrogen-bond acceptors (Lipinski definition) is 4. The van der Waals surface area contributed by atoms with E-state index in [4.69, 9.17) is 0 Å². The third kappa shape index (κ3) is 4.40. The van der Waals surface area contributed by atoms with Crippen molar-refractivity contribution in [3.8, 4) is 5.75 Å². The fourth-order valence-corrected chi connectivity index (χ4v) is 4.58. The molecule has 1 aliphatic rings. The van der Waals surface area contributed by atoms with E-state index in [2.05, 4.69) is 61.5 Å². The Morgan fingerprint density at radius 3 is 2.48 bits per heavy atom. The van der Waals surface area contributed by atoms with Gasteiger partial charge in [0.15, 0.2) is 5.50 Å². The number of halogens is 2. The molecular formula is C18H16Br2N2O2S. The number of thioether (sulfide) groups is 1. The van der Waals surface area contributed by atoms with Crippen LogP contribution in [0.5, 0.6) is 5.75 Å². The quantitative estimate of drug-likeness (QED) is 0.530. The highest BCUT2D eigenvalue weighted by molar-refractivity contribution is 9.11. The Kier molecular flexibility index (Phi) is 5.76. The fourth-order valence-electron chi connectivity index (χ4n) is 2.37. The van der Waals surface area contributed by atoms with Gasteiger partial charge in [0.2, 0.25) is 0 Å². The molecule has 0 spiro atoms. The second kappa shape index (κ2) is 7.85. The molecule has 1 saturated heterocycles. The highest BCUT2D eigenvalue weighted by Crippen LogP contribution is 2.36. The van der Waals surface area contributed by atoms with Gasteiger partial charge in [0.25, 0.3) is 5.91 Å². The molecule has 1 fully saturated rings. The molecule has 3 rings (SSSR count). The van der Waals surface area contributed by atoms with Gasteiger partial charge in [-0.25, -0.2) is 0 Å². The number of phenols is 1. The monoisotopic (exact) mass is 482 g/mol. The smallest absolute Gasteiger partial charge is 0.260 e. The molecule has 1 amide bonds. The van der Waals surface area contributed by atoms with Crippen LogP contribution in [0.3, 0.4) is 0 Å². The van der Waals surface area contributed by atoms with E-state index in [-0.39, 0.29) is 17.2 Å². The zero-order valence-corrected chi connectivity index (χ0v) is 17.3. The number of benzene rings is 2. The minimum Gasteiger partial charge on any atom is -0.506 e. The maximum Gasteiger partial charge on any atom is 0.260 e. The Hall–Kier alpha value is -1.44. The van der Waals surface area contributed by atoms with Crippen molar-refractivity contribution in [2.75, 3.05) is 5.32 Å². The van der Waals surface area contributed by atoms with Gasteiger partial charge in [-0.3, -0.25) is 4.79 Å². The van der Waals surface area contributed by atoms with Gasteiger partial charge >= 0.3 is 0 Å². The van der Waals surface area contributed by atoms with Crippen molar-refractivity contribution in [3.05, 3.63) is 61.4 Å². The number of phenolic OH excluding ortho intramolecular Hbond substituents is 1. The number of carbonyl (C=O) groups excluding carboxylic acids is 1. The maximum atomic E-state index is 12.2. The van der Waals surface area contributed by atoms with Crippen LogP contribution in [-0.4, -0.2) is 16.5 Å². The molecule has 2 aromatic carbocycles. The molecular weight excluding hydrogens is 468 g/mol. The van der Waals surface area contributed by atoms with E-state index in [9.17, 15) is 9.90 Å². The largest absolute Gasteiger partial charge is 0.506 e. The SMILES string of the molecule is CCc1ccc(N[C@H]2NC(=O)/C(=C/c3cc(Br)c(O)c(Br)c3)S2)cc1. The summed E-state index contributed by atoms with van der Waals surface area (Å²) in [6, 6.07) is 11.7. The van der Waals surface area contributed by atoms with Gasteiger partial charge in [-0.05, 0) is 79.7 Å². The zero-order valence-electron chi connectivity index (χ0n) is 13.3. The van der Waals surface area contributed by atoms with Crippen molar-refractivity contribution in [1.29, 1.82) is 0 Å². The van der Waals surface area contributed by atoms with Crippen molar-refractivity contribution >= 4 is 61.3 Å². The molecule has 0 aliphatic carbocycles. The van der Waals surface area contributed by atoms with Crippen molar-refractivity contribution < 1.29 is 9.90 Å². The molecule has 7 heteroatoms. The lowest BCUT2D eigenvalue weighted by Crippen LogP contribution is -2.30. The van der Waals surface area contributed by atoms with E-state index in [1.807, 2.05) is 12.1 Å². The van der Waals surface area contributed by atoms with Gasteiger partial charge < -0.3 is 15.7 Å². The standard InChI is InChI=1S/C18H16Br2N2O2S/c1-2-10-3-5-12(6-4-10)21-18-22-17(24)15(25-18)9-11-7-13(19)16(23)14(20)8-11/h3-9,18,21,23H,2H2,1H3,(H,22,24)/b15-9-/t18-/m0/s1.